The van der Waals surface area contributed by atoms with Crippen molar-refractivity contribution in [2.45, 2.75) is 12.3 Å². The van der Waals surface area contributed by atoms with Crippen molar-refractivity contribution in [2.75, 3.05) is 4.90 Å². The van der Waals surface area contributed by atoms with Gasteiger partial charge >= 0.3 is 5.97 Å². The summed E-state index contributed by atoms with van der Waals surface area (Å²) in [5.41, 5.74) is 2.13. The molecule has 0 N–H and O–H groups in total. The third kappa shape index (κ3) is 3.19. The molecule has 2 amide bonds. The van der Waals surface area contributed by atoms with Crippen molar-refractivity contribution in [2.24, 2.45) is 35.5 Å². The van der Waals surface area contributed by atoms with Gasteiger partial charge < -0.3 is 4.74 Å². The van der Waals surface area contributed by atoms with Crippen molar-refractivity contribution in [1.82, 2.24) is 0 Å². The minimum atomic E-state index is -0.595. The molecule has 2 bridgehead atoms. The molecule has 178 valence electrons. The number of ether oxygens (including phenoxy) is 1. The molecule has 5 heteroatoms. The fourth-order valence-corrected chi connectivity index (χ4v) is 6.83. The normalized spacial score (nSPS) is 29.3. The summed E-state index contributed by atoms with van der Waals surface area (Å²) < 4.78 is 5.85. The Morgan fingerprint density at radius 2 is 1.31 bits per heavy atom. The van der Waals surface area contributed by atoms with Crippen LogP contribution in [0.4, 0.5) is 5.69 Å². The highest BCUT2D eigenvalue weighted by Gasteiger charge is 2.67. The van der Waals surface area contributed by atoms with Crippen molar-refractivity contribution in [3.05, 3.63) is 108 Å². The molecule has 0 radical (unpaired) electrons. The zero-order valence-electron chi connectivity index (χ0n) is 19.6. The second-order valence-corrected chi connectivity index (χ2v) is 10.3. The van der Waals surface area contributed by atoms with Crippen molar-refractivity contribution in [3.63, 3.8) is 0 Å². The standard InChI is InChI=1S/C31H25NO4/c33-29-27-22-14-15-23(25-17-24(22)25)28(27)30(34)32(29)20-12-7-13-21(16-20)36-31(35)26(18-8-3-1-4-9-18)19-10-5-2-6-11-19/h1-16,22-28H,17H2/t22-,23-,24-,25-,27-,28+/m0/s1. The molecule has 1 aliphatic heterocycles. The van der Waals surface area contributed by atoms with Gasteiger partial charge in [-0.3, -0.25) is 14.4 Å². The van der Waals surface area contributed by atoms with Crippen LogP contribution < -0.4 is 9.64 Å². The lowest BCUT2D eigenvalue weighted by atomic mass is 9.63. The average Bonchev–Trinajstić information content (AvgIpc) is 3.68. The molecule has 1 saturated heterocycles. The topological polar surface area (TPSA) is 63.7 Å². The van der Waals surface area contributed by atoms with Gasteiger partial charge in [-0.05, 0) is 53.4 Å². The van der Waals surface area contributed by atoms with Crippen molar-refractivity contribution >= 4 is 23.5 Å². The van der Waals surface area contributed by atoms with Crippen molar-refractivity contribution < 1.29 is 19.1 Å². The Morgan fingerprint density at radius 3 is 1.86 bits per heavy atom. The first kappa shape index (κ1) is 21.3. The number of hydrogen-bond acceptors (Lipinski definition) is 4. The van der Waals surface area contributed by atoms with Crippen LogP contribution in [0, 0.1) is 35.5 Å². The van der Waals surface area contributed by atoms with Crippen LogP contribution in [0.3, 0.4) is 0 Å². The second-order valence-electron chi connectivity index (χ2n) is 10.3. The van der Waals surface area contributed by atoms with Crippen LogP contribution in [0.25, 0.3) is 0 Å². The fraction of sp³-hybridized carbons (Fsp3) is 0.258. The van der Waals surface area contributed by atoms with Gasteiger partial charge in [0.1, 0.15) is 11.7 Å². The van der Waals surface area contributed by atoms with E-state index in [1.165, 1.54) is 4.90 Å². The number of allylic oxidation sites excluding steroid dienone is 2. The Bertz CT molecular complexity index is 1320. The molecule has 0 aromatic heterocycles. The highest BCUT2D eigenvalue weighted by atomic mass is 16.5. The van der Waals surface area contributed by atoms with E-state index in [1.54, 1.807) is 24.3 Å². The molecule has 1 heterocycles. The number of rotatable bonds is 5. The molecule has 0 unspecified atom stereocenters. The number of hydrogen-bond donors (Lipinski definition) is 0. The van der Waals surface area contributed by atoms with E-state index in [2.05, 4.69) is 12.2 Å². The largest absolute Gasteiger partial charge is 0.426 e. The van der Waals surface area contributed by atoms with Crippen LogP contribution in [0.5, 0.6) is 5.75 Å². The van der Waals surface area contributed by atoms with E-state index >= 15 is 0 Å². The Kier molecular flexibility index (Phi) is 4.75. The molecule has 4 aliphatic carbocycles. The zero-order chi connectivity index (χ0) is 24.4. The fourth-order valence-electron chi connectivity index (χ4n) is 6.83. The first-order valence-electron chi connectivity index (χ1n) is 12.6. The lowest BCUT2D eigenvalue weighted by Gasteiger charge is -2.37. The van der Waals surface area contributed by atoms with E-state index in [0.29, 0.717) is 23.3 Å². The molecule has 3 fully saturated rings. The number of carbonyl (C=O) groups is 3. The molecule has 2 saturated carbocycles. The van der Waals surface area contributed by atoms with Gasteiger partial charge in [-0.25, -0.2) is 4.90 Å². The molecule has 5 aliphatic rings. The first-order chi connectivity index (χ1) is 17.6. The monoisotopic (exact) mass is 475 g/mol. The highest BCUT2D eigenvalue weighted by Crippen LogP contribution is 2.65. The van der Waals surface area contributed by atoms with Gasteiger partial charge in [-0.1, -0.05) is 78.9 Å². The molecule has 3 aromatic rings. The van der Waals surface area contributed by atoms with Gasteiger partial charge in [0, 0.05) is 6.07 Å². The summed E-state index contributed by atoms with van der Waals surface area (Å²) in [4.78, 5) is 41.7. The number of anilines is 1. The smallest absolute Gasteiger partial charge is 0.323 e. The summed E-state index contributed by atoms with van der Waals surface area (Å²) in [6.07, 6.45) is 5.46. The Morgan fingerprint density at radius 1 is 0.750 bits per heavy atom. The molecule has 5 nitrogen and oxygen atoms in total. The van der Waals surface area contributed by atoms with Crippen molar-refractivity contribution in [1.29, 1.82) is 0 Å². The van der Waals surface area contributed by atoms with E-state index in [0.717, 1.165) is 17.5 Å². The quantitative estimate of drug-likeness (QED) is 0.226. The lowest BCUT2D eigenvalue weighted by Crippen LogP contribution is -2.40. The molecule has 8 rings (SSSR count). The second kappa shape index (κ2) is 8.02. The van der Waals surface area contributed by atoms with E-state index in [1.807, 2.05) is 60.7 Å². The summed E-state index contributed by atoms with van der Waals surface area (Å²) in [7, 11) is 0. The summed E-state index contributed by atoms with van der Waals surface area (Å²) in [5, 5.41) is 0. The van der Waals surface area contributed by atoms with E-state index in [9.17, 15) is 14.4 Å². The number of nitrogens with zero attached hydrogens (tertiary/aromatic N) is 1. The summed E-state index contributed by atoms with van der Waals surface area (Å²) in [6.45, 7) is 0. The predicted octanol–water partition coefficient (Wildman–Crippen LogP) is 4.98. The minimum absolute atomic E-state index is 0.121. The van der Waals surface area contributed by atoms with E-state index < -0.39 is 11.9 Å². The van der Waals surface area contributed by atoms with Crippen LogP contribution in [0.2, 0.25) is 0 Å². The van der Waals surface area contributed by atoms with E-state index in [4.69, 9.17) is 4.74 Å². The maximum absolute atomic E-state index is 13.5. The van der Waals surface area contributed by atoms with E-state index in [-0.39, 0.29) is 35.5 Å². The molecule has 0 spiro atoms. The van der Waals surface area contributed by atoms with Gasteiger partial charge in [-0.2, -0.15) is 0 Å². The Labute approximate surface area is 209 Å². The zero-order valence-corrected chi connectivity index (χ0v) is 19.6. The highest BCUT2D eigenvalue weighted by molar-refractivity contribution is 6.22. The van der Waals surface area contributed by atoms with Gasteiger partial charge in [0.25, 0.3) is 0 Å². The summed E-state index contributed by atoms with van der Waals surface area (Å²) in [5.74, 6) is -0.0118. The van der Waals surface area contributed by atoms with Crippen LogP contribution in [-0.2, 0) is 14.4 Å². The van der Waals surface area contributed by atoms with Crippen LogP contribution in [0.15, 0.2) is 97.1 Å². The molecule has 6 atom stereocenters. The SMILES string of the molecule is O=C(Oc1cccc(N2C(=O)[C@@H]3[C@H]4C=C[C@@H]([C@@H]5C[C@@H]45)[C@@H]3C2=O)c1)C(c1ccccc1)c1ccccc1. The number of amides is 2. The predicted molar refractivity (Wildman–Crippen MR) is 134 cm³/mol. The summed E-state index contributed by atoms with van der Waals surface area (Å²) >= 11 is 0. The Balaban J connectivity index is 1.17. The molecular weight excluding hydrogens is 450 g/mol. The molecule has 3 aromatic carbocycles. The number of esters is 1. The maximum Gasteiger partial charge on any atom is 0.323 e. The molecule has 36 heavy (non-hydrogen) atoms. The molecular formula is C31H25NO4. The van der Waals surface area contributed by atoms with Gasteiger partial charge in [0.2, 0.25) is 11.8 Å². The van der Waals surface area contributed by atoms with Crippen LogP contribution >= 0.6 is 0 Å². The number of benzene rings is 3. The maximum atomic E-state index is 13.5. The Hall–Kier alpha value is -3.99. The third-order valence-corrected chi connectivity index (χ3v) is 8.46. The minimum Gasteiger partial charge on any atom is -0.426 e. The van der Waals surface area contributed by atoms with Gasteiger partial charge in [-0.15, -0.1) is 0 Å². The first-order valence-corrected chi connectivity index (χ1v) is 12.6. The van der Waals surface area contributed by atoms with Crippen LogP contribution in [0.1, 0.15) is 23.5 Å². The number of imide groups is 1. The van der Waals surface area contributed by atoms with Crippen molar-refractivity contribution in [3.8, 4) is 5.75 Å². The van der Waals surface area contributed by atoms with Gasteiger partial charge in [0.05, 0.1) is 17.5 Å². The van der Waals surface area contributed by atoms with Gasteiger partial charge in [0.15, 0.2) is 0 Å². The lowest BCUT2D eigenvalue weighted by molar-refractivity contribution is -0.135. The summed E-state index contributed by atoms with van der Waals surface area (Å²) in [6, 6.07) is 25.8. The number of carbonyl (C=O) groups excluding carboxylic acids is 3. The third-order valence-electron chi connectivity index (χ3n) is 8.46. The van der Waals surface area contributed by atoms with Crippen LogP contribution in [-0.4, -0.2) is 17.8 Å². The average molecular weight is 476 g/mol.